The van der Waals surface area contributed by atoms with Gasteiger partial charge in [0.05, 0.1) is 25.9 Å². The lowest BCUT2D eigenvalue weighted by molar-refractivity contribution is -0.161. The second kappa shape index (κ2) is 38.0. The maximum Gasteiger partial charge on any atom is 0.472 e. The molecule has 0 aliphatic carbocycles. The third-order valence-corrected chi connectivity index (χ3v) is 10.2. The average molecular weight is 867 g/mol. The van der Waals surface area contributed by atoms with Crippen LogP contribution in [0.3, 0.4) is 0 Å². The number of allylic oxidation sites excluding steroid dienone is 7. The van der Waals surface area contributed by atoms with E-state index in [-0.39, 0.29) is 12.8 Å². The molecule has 0 rings (SSSR count). The average Bonchev–Trinajstić information content (AvgIpc) is 3.17. The van der Waals surface area contributed by atoms with Gasteiger partial charge >= 0.3 is 27.6 Å². The first-order valence-corrected chi connectivity index (χ1v) is 24.5. The molecule has 0 saturated carbocycles. The highest BCUT2D eigenvalue weighted by molar-refractivity contribution is 7.47. The summed E-state index contributed by atoms with van der Waals surface area (Å²) in [5, 5.41) is 20.0. The van der Waals surface area contributed by atoms with E-state index < -0.39 is 72.3 Å². The summed E-state index contributed by atoms with van der Waals surface area (Å²) < 4.78 is 47.6. The van der Waals surface area contributed by atoms with Crippen LogP contribution in [0, 0.1) is 0 Å². The molecule has 0 aromatic rings. The van der Waals surface area contributed by atoms with Crippen LogP contribution in [0.1, 0.15) is 162 Å². The predicted octanol–water partition coefficient (Wildman–Crippen LogP) is 9.64. The monoisotopic (exact) mass is 866 g/mol. The van der Waals surface area contributed by atoms with E-state index in [1.807, 2.05) is 12.2 Å². The van der Waals surface area contributed by atoms with Gasteiger partial charge in [0, 0.05) is 12.8 Å². The van der Waals surface area contributed by atoms with Crippen molar-refractivity contribution < 1.29 is 66.7 Å². The quantitative estimate of drug-likeness (QED) is 0.0127. The maximum absolute atomic E-state index is 12.6. The third-order valence-electron chi connectivity index (χ3n) is 8.78. The molecule has 0 heterocycles. The number of hydrogen-bond donors (Lipinski definition) is 5. The Labute approximate surface area is 348 Å². The Bertz CT molecular complexity index is 1230. The van der Waals surface area contributed by atoms with Gasteiger partial charge in [0.2, 0.25) is 0 Å². The highest BCUT2D eigenvalue weighted by Gasteiger charge is 2.28. The number of carbonyl (C=O) groups excluding carboxylic acids is 2. The summed E-state index contributed by atoms with van der Waals surface area (Å²) in [7, 11) is -9.73. The highest BCUT2D eigenvalue weighted by Crippen LogP contribution is 2.43. The van der Waals surface area contributed by atoms with Crippen LogP contribution >= 0.6 is 15.6 Å². The minimum atomic E-state index is -4.88. The van der Waals surface area contributed by atoms with Crippen LogP contribution in [-0.4, -0.2) is 81.6 Å². The summed E-state index contributed by atoms with van der Waals surface area (Å²) in [6.45, 7) is 1.51. The lowest BCUT2D eigenvalue weighted by Crippen LogP contribution is -2.30. The first-order chi connectivity index (χ1) is 27.8. The molecule has 16 heteroatoms. The van der Waals surface area contributed by atoms with Gasteiger partial charge in [0.1, 0.15) is 12.7 Å². The van der Waals surface area contributed by atoms with Crippen molar-refractivity contribution in [2.24, 2.45) is 0 Å². The van der Waals surface area contributed by atoms with Crippen LogP contribution in [0.5, 0.6) is 0 Å². The molecule has 0 spiro atoms. The molecule has 0 radical (unpaired) electrons. The largest absolute Gasteiger partial charge is 0.472 e. The Balaban J connectivity index is 4.71. The smallest absolute Gasteiger partial charge is 0.462 e. The molecule has 0 amide bonds. The summed E-state index contributed by atoms with van der Waals surface area (Å²) in [6, 6.07) is 0. The minimum absolute atomic E-state index is 0.0312. The second-order valence-corrected chi connectivity index (χ2v) is 17.2. The second-order valence-electron chi connectivity index (χ2n) is 14.5. The van der Waals surface area contributed by atoms with Gasteiger partial charge in [0.25, 0.3) is 0 Å². The van der Waals surface area contributed by atoms with Crippen LogP contribution in [0.2, 0.25) is 0 Å². The van der Waals surface area contributed by atoms with E-state index in [4.69, 9.17) is 23.8 Å². The zero-order valence-electron chi connectivity index (χ0n) is 35.2. The molecule has 0 saturated heterocycles. The van der Waals surface area contributed by atoms with Gasteiger partial charge in [-0.1, -0.05) is 133 Å². The van der Waals surface area contributed by atoms with Gasteiger partial charge in [-0.15, -0.1) is 0 Å². The number of aliphatic hydroxyl groups excluding tert-OH is 2. The minimum Gasteiger partial charge on any atom is -0.462 e. The number of hydrogen-bond acceptors (Lipinski definition) is 11. The zero-order chi connectivity index (χ0) is 43.2. The summed E-state index contributed by atoms with van der Waals surface area (Å²) in [4.78, 5) is 52.6. The third kappa shape index (κ3) is 40.8. The standard InChI is InChI=1S/C42H76O14P2/c1-3-5-7-9-11-13-15-17-19-21-23-25-27-30-38(43)31-29-33-41(45)52-36-40(37-55-58(50,51)54-35-39(44)34-53-57(47,48)49)56-42(46)32-28-26-24-22-20-18-16-14-12-10-8-6-4-2/h14,16-17,19,23,25,27,30,38-40,43-44H,3-13,15,18,20-22,24,26,28-29,31-37H2,1-2H3,(H,50,51)(H2,47,48,49)/b16-14-,19-17+,25-23+,30-27+/t38?,39-,40+/m0/s1. The van der Waals surface area contributed by atoms with Crippen LogP contribution in [0.25, 0.3) is 0 Å². The Morgan fingerprint density at radius 2 is 1.09 bits per heavy atom. The number of aliphatic hydroxyl groups is 2. The van der Waals surface area contributed by atoms with E-state index in [0.29, 0.717) is 19.3 Å². The molecule has 0 aromatic heterocycles. The van der Waals surface area contributed by atoms with Crippen LogP contribution in [0.4, 0.5) is 0 Å². The van der Waals surface area contributed by atoms with Crippen molar-refractivity contribution in [1.29, 1.82) is 0 Å². The molecule has 14 nitrogen and oxygen atoms in total. The molecule has 0 fully saturated rings. The molecule has 2 unspecified atom stereocenters. The lowest BCUT2D eigenvalue weighted by Gasteiger charge is -2.20. The van der Waals surface area contributed by atoms with Crippen molar-refractivity contribution in [2.75, 3.05) is 26.4 Å². The van der Waals surface area contributed by atoms with Crippen molar-refractivity contribution >= 4 is 27.6 Å². The number of carbonyl (C=O) groups is 2. The number of rotatable bonds is 40. The number of phosphoric acid groups is 2. The van der Waals surface area contributed by atoms with Crippen LogP contribution < -0.4 is 0 Å². The van der Waals surface area contributed by atoms with Gasteiger partial charge in [-0.2, -0.15) is 0 Å². The van der Waals surface area contributed by atoms with E-state index in [1.54, 1.807) is 12.2 Å². The van der Waals surface area contributed by atoms with E-state index >= 15 is 0 Å². The van der Waals surface area contributed by atoms with Gasteiger partial charge in [-0.3, -0.25) is 23.2 Å². The van der Waals surface area contributed by atoms with Crippen molar-refractivity contribution in [2.45, 2.75) is 180 Å². The Hall–Kier alpha value is -1.96. The van der Waals surface area contributed by atoms with Crippen molar-refractivity contribution in [1.82, 2.24) is 0 Å². The fourth-order valence-electron chi connectivity index (χ4n) is 5.47. The molecule has 4 atom stereocenters. The van der Waals surface area contributed by atoms with Crippen molar-refractivity contribution in [3.63, 3.8) is 0 Å². The zero-order valence-corrected chi connectivity index (χ0v) is 37.0. The summed E-state index contributed by atoms with van der Waals surface area (Å²) in [5.41, 5.74) is 0. The summed E-state index contributed by atoms with van der Waals surface area (Å²) >= 11 is 0. The normalized spacial score (nSPS) is 15.1. The van der Waals surface area contributed by atoms with E-state index in [1.165, 1.54) is 64.2 Å². The Morgan fingerprint density at radius 1 is 0.569 bits per heavy atom. The molecule has 0 aromatic carbocycles. The van der Waals surface area contributed by atoms with Gasteiger partial charge in [-0.05, 0) is 64.2 Å². The molecule has 5 N–H and O–H groups in total. The Kier molecular flexibility index (Phi) is 36.7. The van der Waals surface area contributed by atoms with E-state index in [9.17, 15) is 33.8 Å². The Morgan fingerprint density at radius 3 is 1.71 bits per heavy atom. The van der Waals surface area contributed by atoms with Crippen LogP contribution in [-0.2, 0) is 41.8 Å². The highest BCUT2D eigenvalue weighted by atomic mass is 31.2. The molecule has 0 aliphatic rings. The molecule has 338 valence electrons. The molecule has 0 bridgehead atoms. The topological polar surface area (TPSA) is 216 Å². The van der Waals surface area contributed by atoms with Gasteiger partial charge < -0.3 is 34.4 Å². The number of ether oxygens (including phenoxy) is 2. The molecule has 58 heavy (non-hydrogen) atoms. The predicted molar refractivity (Wildman–Crippen MR) is 227 cm³/mol. The number of esters is 2. The first-order valence-electron chi connectivity index (χ1n) is 21.4. The number of unbranched alkanes of at least 4 members (excludes halogenated alkanes) is 15. The fraction of sp³-hybridized carbons (Fsp3) is 0.762. The summed E-state index contributed by atoms with van der Waals surface area (Å²) in [6.07, 6.45) is 34.2. The van der Waals surface area contributed by atoms with Crippen LogP contribution in [0.15, 0.2) is 48.6 Å². The SMILES string of the molecule is CCCCCC/C=C\CCCCCCCC(=O)O[C@H](COC(=O)CCCC(O)/C=C/C=C/C/C=C/CCCCCCCC)COP(=O)(O)OC[C@@H](O)COP(=O)(O)O. The van der Waals surface area contributed by atoms with Gasteiger partial charge in [0.15, 0.2) is 6.10 Å². The maximum atomic E-state index is 12.6. The van der Waals surface area contributed by atoms with Gasteiger partial charge in [-0.25, -0.2) is 9.13 Å². The van der Waals surface area contributed by atoms with E-state index in [2.05, 4.69) is 47.2 Å². The fourth-order valence-corrected chi connectivity index (χ4v) is 6.62. The van der Waals surface area contributed by atoms with E-state index in [0.717, 1.165) is 51.4 Å². The lowest BCUT2D eigenvalue weighted by atomic mass is 10.1. The van der Waals surface area contributed by atoms with Crippen molar-refractivity contribution in [3.8, 4) is 0 Å². The molecule has 0 aliphatic heterocycles. The molecular weight excluding hydrogens is 790 g/mol. The molecular formula is C42H76O14P2. The summed E-state index contributed by atoms with van der Waals surface area (Å²) in [5.74, 6) is -1.24. The van der Waals surface area contributed by atoms with Crippen molar-refractivity contribution in [3.05, 3.63) is 48.6 Å². The number of phosphoric ester groups is 2. The first kappa shape index (κ1) is 56.0.